The maximum atomic E-state index is 12.9. The monoisotopic (exact) mass is 357 g/mol. The highest BCUT2D eigenvalue weighted by Crippen LogP contribution is 2.29. The van der Waals surface area contributed by atoms with Crippen LogP contribution in [-0.4, -0.2) is 36.9 Å². The molecule has 0 bridgehead atoms. The van der Waals surface area contributed by atoms with Crippen LogP contribution in [0.3, 0.4) is 0 Å². The van der Waals surface area contributed by atoms with Crippen molar-refractivity contribution < 1.29 is 13.2 Å². The number of pyridine rings is 1. The number of rotatable bonds is 4. The normalized spacial score (nSPS) is 15.4. The van der Waals surface area contributed by atoms with Crippen molar-refractivity contribution in [3.05, 3.63) is 52.7 Å². The summed E-state index contributed by atoms with van der Waals surface area (Å²) in [6, 6.07) is 9.05. The van der Waals surface area contributed by atoms with Gasteiger partial charge in [0.1, 0.15) is 17.7 Å². The molecule has 0 amide bonds. The Morgan fingerprint density at radius 3 is 2.48 bits per heavy atom. The molecule has 25 heavy (non-hydrogen) atoms. The molecule has 1 aromatic heterocycles. The van der Waals surface area contributed by atoms with E-state index >= 15 is 0 Å². The molecule has 0 atom stereocenters. The minimum Gasteiger partial charge on any atom is -0.471 e. The molecule has 0 aliphatic carbocycles. The van der Waals surface area contributed by atoms with Gasteiger partial charge >= 0.3 is 0 Å². The van der Waals surface area contributed by atoms with Crippen molar-refractivity contribution in [1.29, 1.82) is 5.26 Å². The van der Waals surface area contributed by atoms with Crippen LogP contribution in [0.5, 0.6) is 5.88 Å². The second-order valence-corrected chi connectivity index (χ2v) is 8.13. The summed E-state index contributed by atoms with van der Waals surface area (Å²) in [5.41, 5.74) is 2.88. The standard InChI is InChI=1S/C18H19N3O3S/c1-12-7-13(2)17(14(3)8-12)25(22,23)21-10-16(11-21)24-18-15(9-19)5-4-6-20-18/h4-8,16H,10-11H2,1-3H3. The van der Waals surface area contributed by atoms with E-state index in [2.05, 4.69) is 4.98 Å². The number of ether oxygens (including phenoxy) is 1. The molecule has 1 fully saturated rings. The van der Waals surface area contributed by atoms with Crippen molar-refractivity contribution in [2.45, 2.75) is 31.8 Å². The molecular weight excluding hydrogens is 338 g/mol. The summed E-state index contributed by atoms with van der Waals surface area (Å²) in [6.07, 6.45) is 1.24. The van der Waals surface area contributed by atoms with Gasteiger partial charge in [-0.15, -0.1) is 0 Å². The first-order valence-corrected chi connectivity index (χ1v) is 9.36. The van der Waals surface area contributed by atoms with Crippen LogP contribution in [0.4, 0.5) is 0 Å². The lowest BCUT2D eigenvalue weighted by molar-refractivity contribution is 0.0717. The number of benzene rings is 1. The lowest BCUT2D eigenvalue weighted by atomic mass is 10.1. The molecular formula is C18H19N3O3S. The molecule has 0 N–H and O–H groups in total. The van der Waals surface area contributed by atoms with Crippen molar-refractivity contribution in [1.82, 2.24) is 9.29 Å². The van der Waals surface area contributed by atoms with E-state index in [4.69, 9.17) is 10.00 Å². The number of nitriles is 1. The van der Waals surface area contributed by atoms with Gasteiger partial charge in [-0.05, 0) is 44.0 Å². The Morgan fingerprint density at radius 2 is 1.88 bits per heavy atom. The van der Waals surface area contributed by atoms with E-state index in [9.17, 15) is 8.42 Å². The molecule has 0 saturated carbocycles. The summed E-state index contributed by atoms with van der Waals surface area (Å²) in [5, 5.41) is 9.06. The predicted octanol–water partition coefficient (Wildman–Crippen LogP) is 2.33. The Bertz CT molecular complexity index is 935. The molecule has 0 spiro atoms. The van der Waals surface area contributed by atoms with Gasteiger partial charge in [0.2, 0.25) is 15.9 Å². The van der Waals surface area contributed by atoms with E-state index in [1.165, 1.54) is 4.31 Å². The smallest absolute Gasteiger partial charge is 0.243 e. The van der Waals surface area contributed by atoms with E-state index in [1.807, 2.05) is 39.0 Å². The third-order valence-corrected chi connectivity index (χ3v) is 6.32. The van der Waals surface area contributed by atoms with Crippen LogP contribution in [0.2, 0.25) is 0 Å². The zero-order chi connectivity index (χ0) is 18.2. The zero-order valence-corrected chi connectivity index (χ0v) is 15.2. The predicted molar refractivity (Wildman–Crippen MR) is 92.8 cm³/mol. The van der Waals surface area contributed by atoms with Gasteiger partial charge in [0.05, 0.1) is 18.0 Å². The van der Waals surface area contributed by atoms with Gasteiger partial charge in [-0.25, -0.2) is 13.4 Å². The third-order valence-electron chi connectivity index (χ3n) is 4.19. The van der Waals surface area contributed by atoms with Gasteiger partial charge in [-0.1, -0.05) is 17.7 Å². The van der Waals surface area contributed by atoms with Crippen molar-refractivity contribution in [2.24, 2.45) is 0 Å². The topological polar surface area (TPSA) is 83.3 Å². The Labute approximate surface area is 147 Å². The van der Waals surface area contributed by atoms with Gasteiger partial charge in [0.15, 0.2) is 0 Å². The molecule has 3 rings (SSSR count). The number of aromatic nitrogens is 1. The largest absolute Gasteiger partial charge is 0.471 e. The molecule has 0 unspecified atom stereocenters. The molecule has 130 valence electrons. The SMILES string of the molecule is Cc1cc(C)c(S(=O)(=O)N2CC(Oc3ncccc3C#N)C2)c(C)c1. The van der Waals surface area contributed by atoms with E-state index < -0.39 is 10.0 Å². The maximum absolute atomic E-state index is 12.9. The number of nitrogens with zero attached hydrogens (tertiary/aromatic N) is 3. The Morgan fingerprint density at radius 1 is 1.24 bits per heavy atom. The molecule has 0 radical (unpaired) electrons. The number of sulfonamides is 1. The number of aryl methyl sites for hydroxylation is 3. The van der Waals surface area contributed by atoms with Crippen molar-refractivity contribution >= 4 is 10.0 Å². The Hall–Kier alpha value is -2.43. The van der Waals surface area contributed by atoms with Crippen LogP contribution in [0.15, 0.2) is 35.4 Å². The van der Waals surface area contributed by atoms with Gasteiger partial charge in [0.25, 0.3) is 0 Å². The second-order valence-electron chi connectivity index (χ2n) is 6.26. The summed E-state index contributed by atoms with van der Waals surface area (Å²) < 4.78 is 32.9. The molecule has 7 heteroatoms. The van der Waals surface area contributed by atoms with E-state index in [0.29, 0.717) is 10.5 Å². The fraction of sp³-hybridized carbons (Fsp3) is 0.333. The maximum Gasteiger partial charge on any atom is 0.243 e. The minimum atomic E-state index is -3.55. The summed E-state index contributed by atoms with van der Waals surface area (Å²) in [6.45, 7) is 6.07. The molecule has 1 saturated heterocycles. The van der Waals surface area contributed by atoms with Crippen LogP contribution in [0, 0.1) is 32.1 Å². The van der Waals surface area contributed by atoms with Gasteiger partial charge in [-0.2, -0.15) is 9.57 Å². The zero-order valence-electron chi connectivity index (χ0n) is 14.4. The Balaban J connectivity index is 1.75. The highest BCUT2D eigenvalue weighted by molar-refractivity contribution is 7.89. The lowest BCUT2D eigenvalue weighted by Gasteiger charge is -2.38. The van der Waals surface area contributed by atoms with E-state index in [0.717, 1.165) is 16.7 Å². The van der Waals surface area contributed by atoms with Crippen LogP contribution >= 0.6 is 0 Å². The van der Waals surface area contributed by atoms with Crippen molar-refractivity contribution in [2.75, 3.05) is 13.1 Å². The molecule has 2 aromatic rings. The van der Waals surface area contributed by atoms with Gasteiger partial charge in [-0.3, -0.25) is 0 Å². The highest BCUT2D eigenvalue weighted by Gasteiger charge is 2.39. The molecule has 1 aromatic carbocycles. The minimum absolute atomic E-state index is 0.245. The summed E-state index contributed by atoms with van der Waals surface area (Å²) in [5.74, 6) is 0.245. The fourth-order valence-corrected chi connectivity index (χ4v) is 5.02. The van der Waals surface area contributed by atoms with Gasteiger partial charge in [0, 0.05) is 6.20 Å². The quantitative estimate of drug-likeness (QED) is 0.838. The fourth-order valence-electron chi connectivity index (χ4n) is 3.10. The Kier molecular flexibility index (Phi) is 4.50. The summed E-state index contributed by atoms with van der Waals surface area (Å²) in [7, 11) is -3.55. The molecule has 1 aliphatic rings. The number of hydrogen-bond donors (Lipinski definition) is 0. The van der Waals surface area contributed by atoms with Crippen LogP contribution < -0.4 is 4.74 Å². The molecule has 1 aliphatic heterocycles. The summed E-state index contributed by atoms with van der Waals surface area (Å²) in [4.78, 5) is 4.41. The molecule has 2 heterocycles. The average molecular weight is 357 g/mol. The second kappa shape index (κ2) is 6.47. The van der Waals surface area contributed by atoms with Gasteiger partial charge < -0.3 is 4.74 Å². The van der Waals surface area contributed by atoms with Crippen LogP contribution in [0.25, 0.3) is 0 Å². The average Bonchev–Trinajstić information content (AvgIpc) is 2.49. The third kappa shape index (κ3) is 3.23. The molecule has 6 nitrogen and oxygen atoms in total. The van der Waals surface area contributed by atoms with Crippen LogP contribution in [-0.2, 0) is 10.0 Å². The van der Waals surface area contributed by atoms with Crippen LogP contribution in [0.1, 0.15) is 22.3 Å². The van der Waals surface area contributed by atoms with Crippen molar-refractivity contribution in [3.8, 4) is 11.9 Å². The first-order valence-electron chi connectivity index (χ1n) is 7.92. The summed E-state index contributed by atoms with van der Waals surface area (Å²) >= 11 is 0. The first kappa shape index (κ1) is 17.4. The van der Waals surface area contributed by atoms with E-state index in [1.54, 1.807) is 18.3 Å². The van der Waals surface area contributed by atoms with E-state index in [-0.39, 0.29) is 25.1 Å². The highest BCUT2D eigenvalue weighted by atomic mass is 32.2. The first-order chi connectivity index (χ1) is 11.8. The van der Waals surface area contributed by atoms with Crippen molar-refractivity contribution in [3.63, 3.8) is 0 Å². The number of hydrogen-bond acceptors (Lipinski definition) is 5. The lowest BCUT2D eigenvalue weighted by Crippen LogP contribution is -2.56.